The van der Waals surface area contributed by atoms with E-state index < -0.39 is 40.7 Å². The third-order valence-electron chi connectivity index (χ3n) is 8.16. The molecule has 2 heterocycles. The molecular weight excluding hydrogens is 468 g/mol. The maximum absolute atomic E-state index is 14.6. The fraction of sp³-hybridized carbons (Fsp3) is 0.414. The Bertz CT molecular complexity index is 1350. The van der Waals surface area contributed by atoms with E-state index in [1.165, 1.54) is 0 Å². The highest BCUT2D eigenvalue weighted by Gasteiger charge is 2.58. The summed E-state index contributed by atoms with van der Waals surface area (Å²) in [6, 6.07) is 14.4. The van der Waals surface area contributed by atoms with Crippen molar-refractivity contribution in [2.24, 2.45) is 11.7 Å². The SMILES string of the molecule is CC(C)(N)C(=O)N[C@H](Cc1c[nH]c2ccccc12)C(=O)C1C(C(=O)O)c2ccccc2C12CCNCC2. The molecule has 1 aromatic heterocycles. The van der Waals surface area contributed by atoms with Crippen molar-refractivity contribution >= 4 is 28.6 Å². The van der Waals surface area contributed by atoms with Gasteiger partial charge in [0.05, 0.1) is 17.5 Å². The molecule has 6 N–H and O–H groups in total. The van der Waals surface area contributed by atoms with Crippen LogP contribution in [0.1, 0.15) is 49.3 Å². The van der Waals surface area contributed by atoms with Gasteiger partial charge in [-0.3, -0.25) is 14.4 Å². The molecule has 2 aliphatic rings. The first kappa shape index (κ1) is 25.2. The number of hydrogen-bond donors (Lipinski definition) is 5. The summed E-state index contributed by atoms with van der Waals surface area (Å²) < 4.78 is 0. The average molecular weight is 503 g/mol. The van der Waals surface area contributed by atoms with Gasteiger partial charge in [0.25, 0.3) is 0 Å². The van der Waals surface area contributed by atoms with Gasteiger partial charge in [0.2, 0.25) is 5.91 Å². The quantitative estimate of drug-likeness (QED) is 0.337. The number of Topliss-reactive ketones (excluding diaryl/α,β-unsaturated/α-hetero) is 1. The Kier molecular flexibility index (Phi) is 6.41. The molecule has 3 atom stereocenters. The topological polar surface area (TPSA) is 137 Å². The number of hydrogen-bond acceptors (Lipinski definition) is 5. The number of nitrogens with one attached hydrogen (secondary N) is 3. The van der Waals surface area contributed by atoms with Crippen LogP contribution in [0, 0.1) is 5.92 Å². The van der Waals surface area contributed by atoms with Gasteiger partial charge in [-0.2, -0.15) is 0 Å². The van der Waals surface area contributed by atoms with E-state index in [0.29, 0.717) is 31.5 Å². The minimum absolute atomic E-state index is 0.234. The molecule has 2 unspecified atom stereocenters. The predicted octanol–water partition coefficient (Wildman–Crippen LogP) is 2.62. The number of amides is 1. The highest BCUT2D eigenvalue weighted by molar-refractivity contribution is 5.99. The molecule has 2 aromatic carbocycles. The Labute approximate surface area is 216 Å². The summed E-state index contributed by atoms with van der Waals surface area (Å²) in [7, 11) is 0. The molecule has 3 aromatic rings. The van der Waals surface area contributed by atoms with Gasteiger partial charge in [0.1, 0.15) is 0 Å². The zero-order valence-electron chi connectivity index (χ0n) is 21.2. The van der Waals surface area contributed by atoms with Crippen LogP contribution in [0.3, 0.4) is 0 Å². The van der Waals surface area contributed by atoms with E-state index in [1.54, 1.807) is 13.8 Å². The fourth-order valence-corrected chi connectivity index (χ4v) is 6.36. The number of fused-ring (bicyclic) bond motifs is 3. The van der Waals surface area contributed by atoms with Gasteiger partial charge >= 0.3 is 5.97 Å². The first-order chi connectivity index (χ1) is 17.6. The molecule has 5 rings (SSSR count). The van der Waals surface area contributed by atoms with Crippen LogP contribution in [0.4, 0.5) is 0 Å². The second-order valence-corrected chi connectivity index (χ2v) is 11.0. The van der Waals surface area contributed by atoms with Gasteiger partial charge in [0, 0.05) is 34.9 Å². The molecule has 1 aliphatic heterocycles. The zero-order chi connectivity index (χ0) is 26.4. The average Bonchev–Trinajstić information content (AvgIpc) is 3.40. The monoisotopic (exact) mass is 502 g/mol. The maximum atomic E-state index is 14.6. The summed E-state index contributed by atoms with van der Waals surface area (Å²) in [5, 5.41) is 17.6. The number of ketones is 1. The van der Waals surface area contributed by atoms with E-state index in [4.69, 9.17) is 5.73 Å². The summed E-state index contributed by atoms with van der Waals surface area (Å²) in [6.45, 7) is 4.57. The van der Waals surface area contributed by atoms with Crippen LogP contribution >= 0.6 is 0 Å². The molecule has 1 amide bonds. The van der Waals surface area contributed by atoms with E-state index in [0.717, 1.165) is 22.0 Å². The molecule has 0 saturated carbocycles. The highest BCUT2D eigenvalue weighted by Crippen LogP contribution is 2.55. The van der Waals surface area contributed by atoms with Gasteiger partial charge in [-0.25, -0.2) is 0 Å². The number of carboxylic acids is 1. The molecule has 37 heavy (non-hydrogen) atoms. The van der Waals surface area contributed by atoms with Crippen LogP contribution in [0.5, 0.6) is 0 Å². The Morgan fingerprint density at radius 3 is 2.49 bits per heavy atom. The van der Waals surface area contributed by atoms with Crippen molar-refractivity contribution in [2.75, 3.05) is 13.1 Å². The molecule has 0 bridgehead atoms. The maximum Gasteiger partial charge on any atom is 0.311 e. The molecule has 1 spiro atoms. The number of benzene rings is 2. The van der Waals surface area contributed by atoms with E-state index in [1.807, 2.05) is 54.7 Å². The number of aromatic amines is 1. The number of carbonyl (C=O) groups is 3. The summed E-state index contributed by atoms with van der Waals surface area (Å²) in [4.78, 5) is 43.6. The largest absolute Gasteiger partial charge is 0.481 e. The smallest absolute Gasteiger partial charge is 0.311 e. The lowest BCUT2D eigenvalue weighted by molar-refractivity contribution is -0.145. The Morgan fingerprint density at radius 1 is 1.11 bits per heavy atom. The van der Waals surface area contributed by atoms with E-state index >= 15 is 0 Å². The molecule has 1 fully saturated rings. The third-order valence-corrected chi connectivity index (χ3v) is 8.16. The molecular formula is C29H34N4O4. The predicted molar refractivity (Wildman–Crippen MR) is 141 cm³/mol. The highest BCUT2D eigenvalue weighted by atomic mass is 16.4. The lowest BCUT2D eigenvalue weighted by Crippen LogP contribution is -2.58. The lowest BCUT2D eigenvalue weighted by Gasteiger charge is -2.41. The van der Waals surface area contributed by atoms with Crippen molar-refractivity contribution in [3.63, 3.8) is 0 Å². The summed E-state index contributed by atoms with van der Waals surface area (Å²) >= 11 is 0. The second-order valence-electron chi connectivity index (χ2n) is 11.0. The van der Waals surface area contributed by atoms with E-state index in [9.17, 15) is 19.5 Å². The lowest BCUT2D eigenvalue weighted by atomic mass is 9.64. The standard InChI is InChI=1S/C29H34N4O4/c1-28(2,30)27(37)33-22(15-17-16-32-21-10-6-4-7-18(17)21)25(34)24-23(26(35)36)19-8-3-5-9-20(19)29(24)11-13-31-14-12-29/h3-10,16,22-24,31-32H,11-15,30H2,1-2H3,(H,33,37)(H,35,36)/t22-,23?,24?/m1/s1. The van der Waals surface area contributed by atoms with Gasteiger partial charge in [0.15, 0.2) is 5.78 Å². The molecule has 194 valence electrons. The number of piperidine rings is 1. The van der Waals surface area contributed by atoms with E-state index in [2.05, 4.69) is 15.6 Å². The van der Waals surface area contributed by atoms with Crippen LogP contribution in [-0.2, 0) is 26.2 Å². The third kappa shape index (κ3) is 4.34. The molecule has 8 heteroatoms. The van der Waals surface area contributed by atoms with Crippen LogP contribution in [-0.4, -0.2) is 52.4 Å². The molecule has 0 radical (unpaired) electrons. The van der Waals surface area contributed by atoms with Crippen molar-refractivity contribution in [1.29, 1.82) is 0 Å². The Morgan fingerprint density at radius 2 is 1.78 bits per heavy atom. The van der Waals surface area contributed by atoms with Crippen molar-refractivity contribution in [3.05, 3.63) is 71.4 Å². The number of H-pyrrole nitrogens is 1. The van der Waals surface area contributed by atoms with Crippen LogP contribution in [0.2, 0.25) is 0 Å². The first-order valence-electron chi connectivity index (χ1n) is 12.8. The van der Waals surface area contributed by atoms with Gasteiger partial charge in [-0.1, -0.05) is 42.5 Å². The normalized spacial score (nSPS) is 21.5. The van der Waals surface area contributed by atoms with Crippen LogP contribution in [0.15, 0.2) is 54.7 Å². The number of para-hydroxylation sites is 1. The summed E-state index contributed by atoms with van der Waals surface area (Å²) in [5.41, 5.74) is 7.74. The number of carboxylic acid groups (broad SMARTS) is 1. The first-order valence-corrected chi connectivity index (χ1v) is 12.8. The zero-order valence-corrected chi connectivity index (χ0v) is 21.2. The number of aliphatic carboxylic acids is 1. The van der Waals surface area contributed by atoms with Gasteiger partial charge in [-0.15, -0.1) is 0 Å². The number of nitrogens with two attached hydrogens (primary N) is 1. The summed E-state index contributed by atoms with van der Waals surface area (Å²) in [6.07, 6.45) is 3.39. The summed E-state index contributed by atoms with van der Waals surface area (Å²) in [5.74, 6) is -3.51. The van der Waals surface area contributed by atoms with Crippen LogP contribution in [0.25, 0.3) is 10.9 Å². The number of carbonyl (C=O) groups excluding carboxylic acids is 2. The van der Waals surface area contributed by atoms with Crippen molar-refractivity contribution in [2.45, 2.75) is 56.0 Å². The number of rotatable bonds is 7. The van der Waals surface area contributed by atoms with Crippen molar-refractivity contribution < 1.29 is 19.5 Å². The van der Waals surface area contributed by atoms with Crippen molar-refractivity contribution in [1.82, 2.24) is 15.6 Å². The second kappa shape index (κ2) is 9.43. The van der Waals surface area contributed by atoms with E-state index in [-0.39, 0.29) is 12.2 Å². The fourth-order valence-electron chi connectivity index (χ4n) is 6.36. The van der Waals surface area contributed by atoms with Crippen LogP contribution < -0.4 is 16.4 Å². The molecule has 1 saturated heterocycles. The molecule has 8 nitrogen and oxygen atoms in total. The van der Waals surface area contributed by atoms with Crippen molar-refractivity contribution in [3.8, 4) is 0 Å². The van der Waals surface area contributed by atoms with Gasteiger partial charge < -0.3 is 26.5 Å². The minimum atomic E-state index is -1.20. The Balaban J connectivity index is 1.60. The number of aromatic nitrogens is 1. The Hall–Kier alpha value is -3.49. The van der Waals surface area contributed by atoms with Gasteiger partial charge in [-0.05, 0) is 62.5 Å². The minimum Gasteiger partial charge on any atom is -0.481 e. The molecule has 1 aliphatic carbocycles.